The molecule has 2 amide bonds. The topological polar surface area (TPSA) is 86.1 Å². The predicted octanol–water partition coefficient (Wildman–Crippen LogP) is 3.87. The summed E-state index contributed by atoms with van der Waals surface area (Å²) in [5.74, 6) is -0.976. The Morgan fingerprint density at radius 2 is 2.00 bits per heavy atom. The number of anilines is 1. The largest absolute Gasteiger partial charge is 0.310 e. The molecule has 110 valence electrons. The van der Waals surface area contributed by atoms with Gasteiger partial charge in [-0.25, -0.2) is 0 Å². The summed E-state index contributed by atoms with van der Waals surface area (Å²) < 4.78 is 0. The van der Waals surface area contributed by atoms with Crippen LogP contribution in [0.5, 0.6) is 0 Å². The molecule has 0 aliphatic rings. The minimum atomic E-state index is -0.695. The van der Waals surface area contributed by atoms with Gasteiger partial charge in [0.25, 0.3) is 11.8 Å². The van der Waals surface area contributed by atoms with Gasteiger partial charge in [0, 0.05) is 18.0 Å². The fraction of sp³-hybridized carbons (Fsp3) is 0.0667. The molecule has 0 radical (unpaired) electrons. The van der Waals surface area contributed by atoms with Crippen LogP contribution in [0.3, 0.4) is 0 Å². The molecule has 1 aromatic heterocycles. The molecular weight excluding hydrogens is 300 g/mol. The van der Waals surface area contributed by atoms with E-state index in [1.807, 2.05) is 30.3 Å². The molecule has 0 spiro atoms. The highest BCUT2D eigenvalue weighted by molar-refractivity contribution is 7.12. The first-order valence-electron chi connectivity index (χ1n) is 6.31. The molecule has 22 heavy (non-hydrogen) atoms. The normalized spacial score (nSPS) is 10.2. The molecule has 0 saturated carbocycles. The predicted molar refractivity (Wildman–Crippen MR) is 86.7 cm³/mol. The minimum Gasteiger partial charge on any atom is -0.310 e. The number of rotatable bonds is 4. The summed E-state index contributed by atoms with van der Waals surface area (Å²) in [4.78, 5) is 27.9. The smallest absolute Gasteiger partial charge is 0.261 e. The first kappa shape index (κ1) is 15.5. The van der Waals surface area contributed by atoms with Crippen molar-refractivity contribution in [1.82, 2.24) is 0 Å². The van der Waals surface area contributed by atoms with Crippen molar-refractivity contribution in [3.63, 3.8) is 0 Å². The Bertz CT molecular complexity index is 761. The molecule has 0 unspecified atom stereocenters. The number of likely N-dealkylation sites (N-methyl/N-ethyl adjacent to an activating group) is 1. The van der Waals surface area contributed by atoms with E-state index < -0.39 is 5.91 Å². The number of nitrogens with zero attached hydrogens (tertiary/aromatic N) is 4. The fourth-order valence-corrected chi connectivity index (χ4v) is 2.58. The van der Waals surface area contributed by atoms with E-state index in [4.69, 9.17) is 5.53 Å². The average Bonchev–Trinajstić information content (AvgIpc) is 3.02. The van der Waals surface area contributed by atoms with E-state index >= 15 is 0 Å². The number of hydrogen-bond donors (Lipinski definition) is 0. The minimum absolute atomic E-state index is 0.238. The van der Waals surface area contributed by atoms with E-state index in [0.29, 0.717) is 5.69 Å². The highest BCUT2D eigenvalue weighted by Crippen LogP contribution is 2.26. The van der Waals surface area contributed by atoms with Crippen LogP contribution in [0.1, 0.15) is 15.2 Å². The summed E-state index contributed by atoms with van der Waals surface area (Å²) in [7, 11) is 1.56. The molecule has 7 heteroatoms. The molecule has 0 fully saturated rings. The quantitative estimate of drug-likeness (QED) is 0.371. The third-order valence-corrected chi connectivity index (χ3v) is 3.78. The van der Waals surface area contributed by atoms with Crippen molar-refractivity contribution in [2.45, 2.75) is 0 Å². The zero-order valence-corrected chi connectivity index (χ0v) is 12.5. The van der Waals surface area contributed by atoms with Crippen molar-refractivity contribution < 1.29 is 9.59 Å². The summed E-state index contributed by atoms with van der Waals surface area (Å²) in [5, 5.41) is 4.73. The molecule has 0 atom stereocenters. The Morgan fingerprint density at radius 3 is 2.68 bits per heavy atom. The highest BCUT2D eigenvalue weighted by atomic mass is 32.1. The second-order valence-corrected chi connectivity index (χ2v) is 5.19. The van der Waals surface area contributed by atoms with E-state index in [2.05, 4.69) is 10.0 Å². The lowest BCUT2D eigenvalue weighted by molar-refractivity contribution is -0.113. The van der Waals surface area contributed by atoms with Gasteiger partial charge in [-0.2, -0.15) is 0 Å². The third-order valence-electron chi connectivity index (χ3n) is 2.88. The van der Waals surface area contributed by atoms with Gasteiger partial charge in [-0.15, -0.1) is 11.3 Å². The molecule has 0 aliphatic heterocycles. The van der Waals surface area contributed by atoms with Crippen molar-refractivity contribution >= 4 is 34.9 Å². The van der Waals surface area contributed by atoms with Gasteiger partial charge in [0.05, 0.1) is 5.69 Å². The summed E-state index contributed by atoms with van der Waals surface area (Å²) >= 11 is 1.13. The third kappa shape index (κ3) is 3.60. The number of thiophene rings is 1. The van der Waals surface area contributed by atoms with Crippen LogP contribution in [0.4, 0.5) is 5.69 Å². The van der Waals surface area contributed by atoms with Crippen molar-refractivity contribution in [2.75, 3.05) is 11.9 Å². The maximum atomic E-state index is 12.2. The van der Waals surface area contributed by atoms with Crippen LogP contribution in [0.15, 0.2) is 53.0 Å². The Labute approximate surface area is 130 Å². The van der Waals surface area contributed by atoms with Gasteiger partial charge in [-0.05, 0) is 33.7 Å². The zero-order chi connectivity index (χ0) is 15.9. The average molecular weight is 312 g/mol. The van der Waals surface area contributed by atoms with Gasteiger partial charge in [0.15, 0.2) is 0 Å². The summed E-state index contributed by atoms with van der Waals surface area (Å²) in [6.07, 6.45) is 3.12. The molecule has 0 saturated heterocycles. The summed E-state index contributed by atoms with van der Waals surface area (Å²) in [5.41, 5.74) is 9.66. The van der Waals surface area contributed by atoms with Gasteiger partial charge < -0.3 is 4.90 Å². The highest BCUT2D eigenvalue weighted by Gasteiger charge is 2.18. The van der Waals surface area contributed by atoms with Gasteiger partial charge >= 0.3 is 0 Å². The number of benzene rings is 1. The van der Waals surface area contributed by atoms with Crippen molar-refractivity contribution in [2.24, 2.45) is 5.11 Å². The van der Waals surface area contributed by atoms with Crippen LogP contribution >= 0.6 is 11.3 Å². The number of hydrogen-bond acceptors (Lipinski definition) is 3. The molecular formula is C15H12N4O2S. The molecule has 6 nitrogen and oxygen atoms in total. The van der Waals surface area contributed by atoms with Crippen molar-refractivity contribution in [1.29, 1.82) is 0 Å². The van der Waals surface area contributed by atoms with Gasteiger partial charge in [-0.1, -0.05) is 30.3 Å². The Hall–Kier alpha value is -2.89. The molecule has 0 aliphatic carbocycles. The van der Waals surface area contributed by atoms with Gasteiger partial charge in [0.1, 0.15) is 4.88 Å². The van der Waals surface area contributed by atoms with Crippen LogP contribution in [0.25, 0.3) is 16.5 Å². The molecule has 2 aromatic rings. The molecule has 0 N–H and O–H groups in total. The van der Waals surface area contributed by atoms with Gasteiger partial charge in [0.2, 0.25) is 0 Å². The molecule has 2 rings (SSSR count). The van der Waals surface area contributed by atoms with E-state index in [-0.39, 0.29) is 10.8 Å². The lowest BCUT2D eigenvalue weighted by atomic mass is 10.2. The van der Waals surface area contributed by atoms with Gasteiger partial charge in [-0.3, -0.25) is 9.59 Å². The van der Waals surface area contributed by atoms with Crippen molar-refractivity contribution in [3.8, 4) is 0 Å². The number of azide groups is 1. The maximum Gasteiger partial charge on any atom is 0.261 e. The van der Waals surface area contributed by atoms with Crippen molar-refractivity contribution in [3.05, 3.63) is 68.7 Å². The molecule has 1 heterocycles. The SMILES string of the molecule is CN(C(=O)/C=C/c1ccccc1)c1ccsc1C(=O)N=[N+]=[N-]. The first-order chi connectivity index (χ1) is 10.6. The Balaban J connectivity index is 2.18. The Morgan fingerprint density at radius 1 is 1.27 bits per heavy atom. The van der Waals surface area contributed by atoms with E-state index in [0.717, 1.165) is 16.9 Å². The lowest BCUT2D eigenvalue weighted by Gasteiger charge is -2.14. The maximum absolute atomic E-state index is 12.2. The second kappa shape index (κ2) is 7.21. The Kier molecular flexibility index (Phi) is 5.08. The molecule has 0 bridgehead atoms. The van der Waals surface area contributed by atoms with E-state index in [1.165, 1.54) is 11.0 Å². The summed E-state index contributed by atoms with van der Waals surface area (Å²) in [6.45, 7) is 0. The second-order valence-electron chi connectivity index (χ2n) is 4.27. The lowest BCUT2D eigenvalue weighted by Crippen LogP contribution is -2.24. The van der Waals surface area contributed by atoms with Crippen LogP contribution in [-0.2, 0) is 4.79 Å². The monoisotopic (exact) mass is 312 g/mol. The number of amides is 2. The standard InChI is InChI=1S/C15H12N4O2S/c1-19(12-9-10-22-14(12)15(21)17-18-16)13(20)8-7-11-5-3-2-4-6-11/h2-10H,1H3/b8-7+. The van der Waals surface area contributed by atoms with Crippen LogP contribution in [-0.4, -0.2) is 18.9 Å². The first-order valence-corrected chi connectivity index (χ1v) is 7.19. The number of carbonyl (C=O) groups is 2. The molecule has 1 aromatic carbocycles. The fourth-order valence-electron chi connectivity index (χ4n) is 1.77. The van der Waals surface area contributed by atoms with Crippen LogP contribution in [0.2, 0.25) is 0 Å². The summed E-state index contributed by atoms with van der Waals surface area (Å²) in [6, 6.07) is 11.0. The number of carbonyl (C=O) groups excluding carboxylic acids is 2. The zero-order valence-electron chi connectivity index (χ0n) is 11.7. The van der Waals surface area contributed by atoms with Crippen LogP contribution < -0.4 is 4.90 Å². The van der Waals surface area contributed by atoms with Crippen LogP contribution in [0, 0.1) is 0 Å². The van der Waals surface area contributed by atoms with E-state index in [9.17, 15) is 9.59 Å². The van der Waals surface area contributed by atoms with E-state index in [1.54, 1.807) is 24.6 Å².